The summed E-state index contributed by atoms with van der Waals surface area (Å²) in [7, 11) is 0. The van der Waals surface area contributed by atoms with Gasteiger partial charge in [0.05, 0.1) is 6.10 Å². The van der Waals surface area contributed by atoms with Gasteiger partial charge in [-0.05, 0) is 18.8 Å². The Labute approximate surface area is 114 Å². The quantitative estimate of drug-likeness (QED) is 0.793. The average Bonchev–Trinajstić information content (AvgIpc) is 3.06. The van der Waals surface area contributed by atoms with Crippen LogP contribution in [0.25, 0.3) is 0 Å². The lowest BCUT2D eigenvalue weighted by atomic mass is 10.1. The van der Waals surface area contributed by atoms with E-state index in [4.69, 9.17) is 0 Å². The number of hydrogen-bond acceptors (Lipinski definition) is 3. The molecule has 5 nitrogen and oxygen atoms in total. The van der Waals surface area contributed by atoms with Gasteiger partial charge in [-0.1, -0.05) is 0 Å². The van der Waals surface area contributed by atoms with Crippen molar-refractivity contribution in [1.29, 1.82) is 0 Å². The lowest BCUT2D eigenvalue weighted by Gasteiger charge is -2.26. The molecule has 2 aliphatic rings. The molecule has 1 unspecified atom stereocenters. The summed E-state index contributed by atoms with van der Waals surface area (Å²) in [6, 6.07) is -2.88. The predicted octanol–water partition coefficient (Wildman–Crippen LogP) is 0.425. The highest BCUT2D eigenvalue weighted by molar-refractivity contribution is 5.87. The minimum Gasteiger partial charge on any atom is -0.391 e. The maximum Gasteiger partial charge on any atom is 0.408 e. The number of alkyl halides is 3. The van der Waals surface area contributed by atoms with E-state index < -0.39 is 42.1 Å². The molecule has 114 valence electrons. The van der Waals surface area contributed by atoms with Crippen LogP contribution in [0.1, 0.15) is 26.2 Å². The van der Waals surface area contributed by atoms with Gasteiger partial charge in [-0.3, -0.25) is 9.59 Å². The van der Waals surface area contributed by atoms with Crippen LogP contribution in [0.2, 0.25) is 0 Å². The number of carbonyl (C=O) groups excluding carboxylic acids is 2. The van der Waals surface area contributed by atoms with Crippen LogP contribution in [0.4, 0.5) is 13.2 Å². The SMILES string of the molecule is CC(=O)N1C[C@@H](O)C[C@@H]1C(=O)NC(C1CC1)C(F)(F)F. The fourth-order valence-corrected chi connectivity index (χ4v) is 2.56. The number of nitrogens with one attached hydrogen (secondary N) is 1. The van der Waals surface area contributed by atoms with Crippen LogP contribution >= 0.6 is 0 Å². The molecule has 2 amide bonds. The van der Waals surface area contributed by atoms with Crippen molar-refractivity contribution in [3.05, 3.63) is 0 Å². The van der Waals surface area contributed by atoms with E-state index in [1.54, 1.807) is 0 Å². The Hall–Kier alpha value is -1.31. The first kappa shape index (κ1) is 15.1. The first-order valence-corrected chi connectivity index (χ1v) is 6.52. The van der Waals surface area contributed by atoms with Crippen molar-refractivity contribution in [2.45, 2.75) is 50.6 Å². The van der Waals surface area contributed by atoms with Crippen LogP contribution < -0.4 is 5.32 Å². The molecule has 0 aromatic carbocycles. The van der Waals surface area contributed by atoms with Crippen molar-refractivity contribution >= 4 is 11.8 Å². The summed E-state index contributed by atoms with van der Waals surface area (Å²) in [6.07, 6.45) is -4.52. The number of aliphatic hydroxyl groups is 1. The molecule has 2 rings (SSSR count). The summed E-state index contributed by atoms with van der Waals surface area (Å²) >= 11 is 0. The van der Waals surface area contributed by atoms with Gasteiger partial charge in [-0.15, -0.1) is 0 Å². The van der Waals surface area contributed by atoms with Crippen molar-refractivity contribution in [2.24, 2.45) is 5.92 Å². The third-order valence-electron chi connectivity index (χ3n) is 3.73. The van der Waals surface area contributed by atoms with Gasteiger partial charge in [-0.2, -0.15) is 13.2 Å². The standard InChI is InChI=1S/C12H17F3N2O3/c1-6(18)17-5-8(19)4-9(17)11(20)16-10(7-2-3-7)12(13,14)15/h7-10,19H,2-5H2,1H3,(H,16,20)/t8-,9+,10?/m0/s1. The van der Waals surface area contributed by atoms with Crippen LogP contribution in [-0.2, 0) is 9.59 Å². The molecule has 2 fully saturated rings. The van der Waals surface area contributed by atoms with E-state index in [0.717, 1.165) is 4.90 Å². The van der Waals surface area contributed by atoms with Crippen molar-refractivity contribution in [3.8, 4) is 0 Å². The number of likely N-dealkylation sites (tertiary alicyclic amines) is 1. The van der Waals surface area contributed by atoms with Crippen LogP contribution in [-0.4, -0.2) is 52.7 Å². The Kier molecular flexibility index (Phi) is 3.95. The molecule has 1 saturated carbocycles. The van der Waals surface area contributed by atoms with E-state index >= 15 is 0 Å². The predicted molar refractivity (Wildman–Crippen MR) is 62.5 cm³/mol. The first-order valence-electron chi connectivity index (χ1n) is 6.52. The fraction of sp³-hybridized carbons (Fsp3) is 0.833. The summed E-state index contributed by atoms with van der Waals surface area (Å²) < 4.78 is 38.5. The molecular weight excluding hydrogens is 277 g/mol. The first-order chi connectivity index (χ1) is 9.20. The van der Waals surface area contributed by atoms with Crippen LogP contribution in [0.3, 0.4) is 0 Å². The summed E-state index contributed by atoms with van der Waals surface area (Å²) in [6.45, 7) is 1.20. The van der Waals surface area contributed by atoms with Crippen molar-refractivity contribution in [3.63, 3.8) is 0 Å². The molecule has 0 spiro atoms. The molecular formula is C12H17F3N2O3. The molecule has 1 heterocycles. The summed E-state index contributed by atoms with van der Waals surface area (Å²) in [5.74, 6) is -1.85. The molecule has 1 aliphatic heterocycles. The van der Waals surface area contributed by atoms with Gasteiger partial charge in [0, 0.05) is 19.9 Å². The number of nitrogens with zero attached hydrogens (tertiary/aromatic N) is 1. The summed E-state index contributed by atoms with van der Waals surface area (Å²) in [5, 5.41) is 11.5. The molecule has 0 aromatic rings. The highest BCUT2D eigenvalue weighted by Gasteiger charge is 2.51. The molecule has 20 heavy (non-hydrogen) atoms. The van der Waals surface area contributed by atoms with Gasteiger partial charge in [0.15, 0.2) is 0 Å². The Balaban J connectivity index is 2.04. The second kappa shape index (κ2) is 5.23. The normalized spacial score (nSPS) is 28.4. The Morgan fingerprint density at radius 3 is 2.40 bits per heavy atom. The second-order valence-corrected chi connectivity index (χ2v) is 5.44. The largest absolute Gasteiger partial charge is 0.408 e. The van der Waals surface area contributed by atoms with E-state index in [9.17, 15) is 27.9 Å². The molecule has 2 N–H and O–H groups in total. The molecule has 1 saturated heterocycles. The second-order valence-electron chi connectivity index (χ2n) is 5.44. The lowest BCUT2D eigenvalue weighted by Crippen LogP contribution is -2.53. The highest BCUT2D eigenvalue weighted by atomic mass is 19.4. The number of amides is 2. The third kappa shape index (κ3) is 3.23. The maximum absolute atomic E-state index is 12.8. The number of β-amino-alcohol motifs (C(OH)–C–C–N with tert-alkyl or cyclic N) is 1. The zero-order valence-electron chi connectivity index (χ0n) is 11.0. The average molecular weight is 294 g/mol. The van der Waals surface area contributed by atoms with Crippen LogP contribution in [0.15, 0.2) is 0 Å². The maximum atomic E-state index is 12.8. The minimum atomic E-state index is -4.49. The number of aliphatic hydroxyl groups excluding tert-OH is 1. The van der Waals surface area contributed by atoms with Gasteiger partial charge in [-0.25, -0.2) is 0 Å². The number of rotatable bonds is 3. The van der Waals surface area contributed by atoms with Crippen LogP contribution in [0, 0.1) is 5.92 Å². The molecule has 1 aliphatic carbocycles. The van der Waals surface area contributed by atoms with Crippen molar-refractivity contribution < 1.29 is 27.9 Å². The minimum absolute atomic E-state index is 0.0203. The topological polar surface area (TPSA) is 69.6 Å². The summed E-state index contributed by atoms with van der Waals surface area (Å²) in [4.78, 5) is 24.4. The Morgan fingerprint density at radius 2 is 1.95 bits per heavy atom. The van der Waals surface area contributed by atoms with Crippen molar-refractivity contribution in [2.75, 3.05) is 6.54 Å². The summed E-state index contributed by atoms with van der Waals surface area (Å²) in [5.41, 5.74) is 0. The number of carbonyl (C=O) groups is 2. The van der Waals surface area contributed by atoms with E-state index in [1.807, 2.05) is 5.32 Å². The smallest absolute Gasteiger partial charge is 0.391 e. The third-order valence-corrected chi connectivity index (χ3v) is 3.73. The number of halogens is 3. The van der Waals surface area contributed by atoms with Crippen molar-refractivity contribution in [1.82, 2.24) is 10.2 Å². The molecule has 0 bridgehead atoms. The van der Waals surface area contributed by atoms with E-state index in [2.05, 4.69) is 0 Å². The van der Waals surface area contributed by atoms with Gasteiger partial charge in [0.25, 0.3) is 0 Å². The number of hydrogen-bond donors (Lipinski definition) is 2. The van der Waals surface area contributed by atoms with Gasteiger partial charge < -0.3 is 15.3 Å². The Morgan fingerprint density at radius 1 is 1.35 bits per heavy atom. The fourth-order valence-electron chi connectivity index (χ4n) is 2.56. The monoisotopic (exact) mass is 294 g/mol. The Bertz CT molecular complexity index is 409. The van der Waals surface area contributed by atoms with E-state index in [1.165, 1.54) is 6.92 Å². The molecule has 3 atom stereocenters. The lowest BCUT2D eigenvalue weighted by molar-refractivity contribution is -0.167. The molecule has 0 aromatic heterocycles. The van der Waals surface area contributed by atoms with E-state index in [-0.39, 0.29) is 13.0 Å². The molecule has 0 radical (unpaired) electrons. The molecule has 8 heteroatoms. The zero-order valence-corrected chi connectivity index (χ0v) is 11.0. The van der Waals surface area contributed by atoms with E-state index in [0.29, 0.717) is 12.8 Å². The highest BCUT2D eigenvalue weighted by Crippen LogP contribution is 2.40. The van der Waals surface area contributed by atoms with Gasteiger partial charge in [0.1, 0.15) is 12.1 Å². The van der Waals surface area contributed by atoms with Gasteiger partial charge >= 0.3 is 6.18 Å². The zero-order chi connectivity index (χ0) is 15.1. The van der Waals surface area contributed by atoms with Crippen LogP contribution in [0.5, 0.6) is 0 Å². The van der Waals surface area contributed by atoms with Gasteiger partial charge in [0.2, 0.25) is 11.8 Å².